The van der Waals surface area contributed by atoms with Crippen molar-refractivity contribution >= 4 is 0 Å². The van der Waals surface area contributed by atoms with Crippen LogP contribution in [0.1, 0.15) is 103 Å². The first-order valence-corrected chi connectivity index (χ1v) is 13.9. The fourth-order valence-corrected chi connectivity index (χ4v) is 9.76. The fraction of sp³-hybridized carbons (Fsp3) is 0.800. The summed E-state index contributed by atoms with van der Waals surface area (Å²) in [4.78, 5) is 4.31. The average Bonchev–Trinajstić information content (AvgIpc) is 3.16. The molecule has 1 heterocycles. The second-order valence-corrected chi connectivity index (χ2v) is 12.7. The molecular formula is C30H44N2O. The molecule has 0 aromatic carbocycles. The average molecular weight is 449 g/mol. The molecule has 0 radical (unpaired) electrons. The summed E-state index contributed by atoms with van der Waals surface area (Å²) >= 11 is 0. The van der Waals surface area contributed by atoms with Crippen molar-refractivity contribution in [1.82, 2.24) is 4.98 Å². The molecule has 0 spiro atoms. The number of hydrogen-bond donors (Lipinski definition) is 1. The van der Waals surface area contributed by atoms with Gasteiger partial charge in [-0.2, -0.15) is 5.26 Å². The SMILES string of the molecule is CCC[C@@]1(O)CC[C@H]2[C@H](CC[C@@H]3[C@@H]2CC[C@]2(C)C(C(C)Cc4ccc(C#N)nc4)CC[C@@H]32)C1. The summed E-state index contributed by atoms with van der Waals surface area (Å²) < 4.78 is 0. The number of rotatable bonds is 5. The van der Waals surface area contributed by atoms with Crippen molar-refractivity contribution in [2.24, 2.45) is 46.8 Å². The summed E-state index contributed by atoms with van der Waals surface area (Å²) in [5.41, 5.74) is 1.93. The predicted octanol–water partition coefficient (Wildman–Crippen LogP) is 6.93. The number of nitriles is 1. The minimum Gasteiger partial charge on any atom is -0.390 e. The van der Waals surface area contributed by atoms with Crippen LogP contribution >= 0.6 is 0 Å². The third kappa shape index (κ3) is 4.16. The molecule has 0 saturated heterocycles. The maximum absolute atomic E-state index is 11.1. The van der Waals surface area contributed by atoms with Crippen LogP contribution in [0.5, 0.6) is 0 Å². The first kappa shape index (κ1) is 23.3. The molecule has 9 atom stereocenters. The Balaban J connectivity index is 1.27. The molecule has 4 saturated carbocycles. The minimum absolute atomic E-state index is 0.361. The van der Waals surface area contributed by atoms with Gasteiger partial charge < -0.3 is 5.11 Å². The molecule has 5 rings (SSSR count). The van der Waals surface area contributed by atoms with Gasteiger partial charge in [0.15, 0.2) is 0 Å². The Bertz CT molecular complexity index is 874. The molecule has 1 aromatic rings. The molecule has 33 heavy (non-hydrogen) atoms. The van der Waals surface area contributed by atoms with Crippen LogP contribution in [0.15, 0.2) is 18.3 Å². The second-order valence-electron chi connectivity index (χ2n) is 12.7. The van der Waals surface area contributed by atoms with E-state index in [1.807, 2.05) is 12.3 Å². The van der Waals surface area contributed by atoms with E-state index >= 15 is 0 Å². The highest BCUT2D eigenvalue weighted by atomic mass is 16.3. The Morgan fingerprint density at radius 2 is 1.91 bits per heavy atom. The first-order valence-electron chi connectivity index (χ1n) is 13.9. The third-order valence-corrected chi connectivity index (χ3v) is 11.1. The van der Waals surface area contributed by atoms with Gasteiger partial charge in [0.05, 0.1) is 5.60 Å². The van der Waals surface area contributed by atoms with Crippen LogP contribution in [0.3, 0.4) is 0 Å². The number of hydrogen-bond acceptors (Lipinski definition) is 3. The van der Waals surface area contributed by atoms with E-state index in [-0.39, 0.29) is 5.60 Å². The van der Waals surface area contributed by atoms with Crippen molar-refractivity contribution in [3.05, 3.63) is 29.6 Å². The third-order valence-electron chi connectivity index (χ3n) is 11.1. The molecule has 2 unspecified atom stereocenters. The summed E-state index contributed by atoms with van der Waals surface area (Å²) in [6, 6.07) is 6.12. The van der Waals surface area contributed by atoms with Crippen molar-refractivity contribution in [1.29, 1.82) is 5.26 Å². The molecule has 1 aromatic heterocycles. The topological polar surface area (TPSA) is 56.9 Å². The van der Waals surface area contributed by atoms with Gasteiger partial charge in [-0.25, -0.2) is 4.98 Å². The van der Waals surface area contributed by atoms with Gasteiger partial charge in [0.2, 0.25) is 0 Å². The fourth-order valence-electron chi connectivity index (χ4n) is 9.76. The Morgan fingerprint density at radius 1 is 1.09 bits per heavy atom. The molecule has 3 heteroatoms. The summed E-state index contributed by atoms with van der Waals surface area (Å²) in [5.74, 6) is 5.88. The van der Waals surface area contributed by atoms with Crippen LogP contribution < -0.4 is 0 Å². The number of nitrogens with zero attached hydrogens (tertiary/aromatic N) is 2. The van der Waals surface area contributed by atoms with Gasteiger partial charge >= 0.3 is 0 Å². The number of aliphatic hydroxyl groups is 1. The highest BCUT2D eigenvalue weighted by molar-refractivity contribution is 5.23. The molecule has 1 N–H and O–H groups in total. The van der Waals surface area contributed by atoms with Crippen LogP contribution in [0, 0.1) is 58.2 Å². The summed E-state index contributed by atoms with van der Waals surface area (Å²) in [6.07, 6.45) is 16.9. The molecule has 3 nitrogen and oxygen atoms in total. The lowest BCUT2D eigenvalue weighted by atomic mass is 9.48. The first-order chi connectivity index (χ1) is 15.9. The van der Waals surface area contributed by atoms with E-state index in [4.69, 9.17) is 5.26 Å². The van der Waals surface area contributed by atoms with Crippen molar-refractivity contribution in [2.45, 2.75) is 103 Å². The maximum Gasteiger partial charge on any atom is 0.140 e. The van der Waals surface area contributed by atoms with Crippen LogP contribution in [0.25, 0.3) is 0 Å². The Morgan fingerprint density at radius 3 is 2.64 bits per heavy atom. The van der Waals surface area contributed by atoms with E-state index in [9.17, 15) is 5.11 Å². The Hall–Kier alpha value is -1.40. The minimum atomic E-state index is -0.361. The van der Waals surface area contributed by atoms with E-state index in [0.29, 0.717) is 17.0 Å². The van der Waals surface area contributed by atoms with Crippen LogP contribution in [-0.2, 0) is 6.42 Å². The quantitative estimate of drug-likeness (QED) is 0.531. The lowest BCUT2D eigenvalue weighted by molar-refractivity contribution is -0.110. The zero-order valence-corrected chi connectivity index (χ0v) is 21.1. The van der Waals surface area contributed by atoms with E-state index in [2.05, 4.69) is 37.9 Å². The number of pyridine rings is 1. The summed E-state index contributed by atoms with van der Waals surface area (Å²) in [6.45, 7) is 7.33. The van der Waals surface area contributed by atoms with Gasteiger partial charge in [-0.1, -0.05) is 33.3 Å². The van der Waals surface area contributed by atoms with E-state index in [1.165, 1.54) is 50.5 Å². The molecule has 0 bridgehead atoms. The molecule has 0 amide bonds. The van der Waals surface area contributed by atoms with Gasteiger partial charge in [0.1, 0.15) is 11.8 Å². The van der Waals surface area contributed by atoms with Crippen LogP contribution in [-0.4, -0.2) is 15.7 Å². The highest BCUT2D eigenvalue weighted by Gasteiger charge is 2.58. The number of fused-ring (bicyclic) bond motifs is 5. The van der Waals surface area contributed by atoms with E-state index in [0.717, 1.165) is 67.6 Å². The van der Waals surface area contributed by atoms with Crippen molar-refractivity contribution < 1.29 is 5.11 Å². The summed E-state index contributed by atoms with van der Waals surface area (Å²) in [5, 5.41) is 20.2. The maximum atomic E-state index is 11.1. The van der Waals surface area contributed by atoms with E-state index < -0.39 is 0 Å². The normalized spacial score (nSPS) is 43.1. The van der Waals surface area contributed by atoms with Crippen LogP contribution in [0.2, 0.25) is 0 Å². The van der Waals surface area contributed by atoms with Gasteiger partial charge in [-0.3, -0.25) is 0 Å². The smallest absolute Gasteiger partial charge is 0.140 e. The molecular weight excluding hydrogens is 404 g/mol. The molecule has 0 aliphatic heterocycles. The number of aromatic nitrogens is 1. The van der Waals surface area contributed by atoms with Gasteiger partial charge in [-0.05, 0) is 129 Å². The standard InChI is InChI=1S/C30H44N2O/c1-4-13-30(33)15-12-24-22(17-30)6-8-26-25(24)11-14-29(3)27(9-10-28(26)29)20(2)16-21-5-7-23(18-31)32-19-21/h5,7,19-20,22,24-28,33H,4,6,8-17H2,1-3H3/t20?,22-,24+,25-,26-,27?,28+,29-,30-/m1/s1. The van der Waals surface area contributed by atoms with Crippen molar-refractivity contribution in [2.75, 3.05) is 0 Å². The van der Waals surface area contributed by atoms with E-state index in [1.54, 1.807) is 0 Å². The Labute approximate surface area is 201 Å². The molecule has 4 fully saturated rings. The second kappa shape index (κ2) is 8.99. The predicted molar refractivity (Wildman–Crippen MR) is 132 cm³/mol. The monoisotopic (exact) mass is 448 g/mol. The molecule has 4 aliphatic rings. The van der Waals surface area contributed by atoms with Gasteiger partial charge in [0, 0.05) is 6.20 Å². The van der Waals surface area contributed by atoms with Gasteiger partial charge in [0.25, 0.3) is 0 Å². The molecule has 4 aliphatic carbocycles. The summed E-state index contributed by atoms with van der Waals surface area (Å²) in [7, 11) is 0. The van der Waals surface area contributed by atoms with Crippen molar-refractivity contribution in [3.63, 3.8) is 0 Å². The van der Waals surface area contributed by atoms with Crippen molar-refractivity contribution in [3.8, 4) is 6.07 Å². The largest absolute Gasteiger partial charge is 0.390 e. The zero-order valence-electron chi connectivity index (χ0n) is 21.1. The lowest BCUT2D eigenvalue weighted by Crippen LogP contribution is -2.51. The highest BCUT2D eigenvalue weighted by Crippen LogP contribution is 2.66. The Kier molecular flexibility index (Phi) is 6.36. The zero-order chi connectivity index (χ0) is 23.2. The lowest BCUT2D eigenvalue weighted by Gasteiger charge is -2.57. The van der Waals surface area contributed by atoms with Gasteiger partial charge in [-0.15, -0.1) is 0 Å². The molecule has 180 valence electrons. The van der Waals surface area contributed by atoms with Crippen LogP contribution in [0.4, 0.5) is 0 Å².